The highest BCUT2D eigenvalue weighted by atomic mass is 16.7. The second-order valence-electron chi connectivity index (χ2n) is 9.04. The van der Waals surface area contributed by atoms with Gasteiger partial charge in [0, 0.05) is 0 Å². The largest absolute Gasteiger partial charge is 0.513 e. The van der Waals surface area contributed by atoms with E-state index in [4.69, 9.17) is 18.9 Å². The van der Waals surface area contributed by atoms with Crippen LogP contribution in [0, 0.1) is 5.41 Å². The third-order valence-electron chi connectivity index (χ3n) is 5.89. The summed E-state index contributed by atoms with van der Waals surface area (Å²) in [7, 11) is 1.64. The lowest BCUT2D eigenvalue weighted by atomic mass is 9.86. The summed E-state index contributed by atoms with van der Waals surface area (Å²) in [6.07, 6.45) is 0.550. The van der Waals surface area contributed by atoms with E-state index in [9.17, 15) is 9.59 Å². The Balaban J connectivity index is 1.42. The molecule has 3 aromatic rings. The predicted molar refractivity (Wildman–Crippen MR) is 131 cm³/mol. The Morgan fingerprint density at radius 3 is 2.18 bits per heavy atom. The van der Waals surface area contributed by atoms with E-state index >= 15 is 0 Å². The smallest absolute Gasteiger partial charge is 0.497 e. The number of ether oxygens (including phenoxy) is 4. The van der Waals surface area contributed by atoms with Gasteiger partial charge >= 0.3 is 12.1 Å². The van der Waals surface area contributed by atoms with Crippen LogP contribution in [0.2, 0.25) is 0 Å². The molecule has 0 aliphatic rings. The zero-order valence-electron chi connectivity index (χ0n) is 20.2. The van der Waals surface area contributed by atoms with Crippen molar-refractivity contribution in [1.29, 1.82) is 0 Å². The molecule has 0 bridgehead atoms. The predicted octanol–water partition coefficient (Wildman–Crippen LogP) is 6.52. The van der Waals surface area contributed by atoms with Crippen molar-refractivity contribution in [1.82, 2.24) is 0 Å². The molecule has 0 saturated carbocycles. The molecular weight excluding hydrogens is 432 g/mol. The molecule has 6 nitrogen and oxygen atoms in total. The molecule has 0 amide bonds. The third kappa shape index (κ3) is 7.24. The van der Waals surface area contributed by atoms with Gasteiger partial charge in [0.15, 0.2) is 0 Å². The van der Waals surface area contributed by atoms with E-state index in [1.165, 1.54) is 0 Å². The van der Waals surface area contributed by atoms with Gasteiger partial charge in [-0.3, -0.25) is 4.79 Å². The van der Waals surface area contributed by atoms with Gasteiger partial charge in [0.2, 0.25) is 0 Å². The number of benzene rings is 3. The summed E-state index contributed by atoms with van der Waals surface area (Å²) in [5.74, 6) is 0.616. The van der Waals surface area contributed by atoms with E-state index in [1.807, 2.05) is 63.2 Å². The van der Waals surface area contributed by atoms with Crippen LogP contribution in [0.15, 0.2) is 66.7 Å². The molecule has 0 aromatic heterocycles. The van der Waals surface area contributed by atoms with Crippen LogP contribution < -0.4 is 9.47 Å². The van der Waals surface area contributed by atoms with Crippen molar-refractivity contribution in [2.75, 3.05) is 20.3 Å². The number of para-hydroxylation sites is 1. The average Bonchev–Trinajstić information content (AvgIpc) is 2.83. The fourth-order valence-electron chi connectivity index (χ4n) is 3.48. The number of carbonyl (C=O) groups is 2. The van der Waals surface area contributed by atoms with Crippen LogP contribution in [0.5, 0.6) is 11.5 Å². The Morgan fingerprint density at radius 1 is 0.824 bits per heavy atom. The minimum atomic E-state index is -0.726. The van der Waals surface area contributed by atoms with Crippen LogP contribution in [0.25, 0.3) is 10.8 Å². The summed E-state index contributed by atoms with van der Waals surface area (Å²) < 4.78 is 21.1. The first-order valence-electron chi connectivity index (χ1n) is 11.4. The molecule has 180 valence electrons. The van der Waals surface area contributed by atoms with Gasteiger partial charge in [0.25, 0.3) is 0 Å². The van der Waals surface area contributed by atoms with E-state index in [0.717, 1.165) is 22.1 Å². The first-order valence-corrected chi connectivity index (χ1v) is 11.4. The van der Waals surface area contributed by atoms with E-state index in [2.05, 4.69) is 0 Å². The number of methoxy groups -OCH3 is 1. The average molecular weight is 465 g/mol. The highest BCUT2D eigenvalue weighted by Crippen LogP contribution is 2.28. The van der Waals surface area contributed by atoms with Crippen molar-refractivity contribution in [3.05, 3.63) is 72.3 Å². The molecule has 0 radical (unpaired) electrons. The Bertz CT molecular complexity index is 1110. The molecule has 0 saturated heterocycles. The molecule has 0 heterocycles. The van der Waals surface area contributed by atoms with Crippen molar-refractivity contribution in [3.63, 3.8) is 0 Å². The van der Waals surface area contributed by atoms with Crippen LogP contribution in [-0.2, 0) is 14.3 Å². The zero-order chi connectivity index (χ0) is 24.6. The molecule has 0 spiro atoms. The number of fused-ring (bicyclic) bond motifs is 1. The van der Waals surface area contributed by atoms with Crippen molar-refractivity contribution in [3.8, 4) is 11.5 Å². The summed E-state index contributed by atoms with van der Waals surface area (Å²) in [4.78, 5) is 24.4. The summed E-state index contributed by atoms with van der Waals surface area (Å²) in [6, 6.07) is 20.6. The molecule has 3 aromatic carbocycles. The van der Waals surface area contributed by atoms with Crippen molar-refractivity contribution >= 4 is 22.9 Å². The van der Waals surface area contributed by atoms with Crippen LogP contribution in [-0.4, -0.2) is 32.4 Å². The summed E-state index contributed by atoms with van der Waals surface area (Å²) >= 11 is 0. The SMILES string of the molecule is COc1ccc2cc(C(C)C(=O)OCCC(C)(C)CCOC(=O)Oc3ccccc3)ccc2c1. The Labute approximate surface area is 200 Å². The zero-order valence-corrected chi connectivity index (χ0v) is 20.2. The normalized spacial score (nSPS) is 12.1. The van der Waals surface area contributed by atoms with Crippen molar-refractivity contribution in [2.24, 2.45) is 5.41 Å². The van der Waals surface area contributed by atoms with Gasteiger partial charge in [-0.05, 0) is 65.8 Å². The number of hydrogen-bond acceptors (Lipinski definition) is 6. The molecule has 0 fully saturated rings. The Morgan fingerprint density at radius 2 is 1.47 bits per heavy atom. The van der Waals surface area contributed by atoms with Crippen LogP contribution >= 0.6 is 0 Å². The molecule has 3 rings (SSSR count). The van der Waals surface area contributed by atoms with Gasteiger partial charge in [-0.2, -0.15) is 0 Å². The Hall–Kier alpha value is -3.54. The standard InChI is InChI=1S/C28H32O6/c1-20(21-10-11-23-19-25(31-4)13-12-22(23)18-21)26(29)32-16-14-28(2,3)15-17-33-27(30)34-24-8-6-5-7-9-24/h5-13,18-20H,14-17H2,1-4H3. The highest BCUT2D eigenvalue weighted by Gasteiger charge is 2.22. The summed E-state index contributed by atoms with van der Waals surface area (Å²) in [5.41, 5.74) is 0.741. The van der Waals surface area contributed by atoms with Gasteiger partial charge in [-0.15, -0.1) is 0 Å². The second-order valence-corrected chi connectivity index (χ2v) is 9.04. The maximum Gasteiger partial charge on any atom is 0.513 e. The van der Waals surface area contributed by atoms with Crippen LogP contribution in [0.4, 0.5) is 4.79 Å². The molecule has 0 N–H and O–H groups in total. The minimum absolute atomic E-state index is 0.168. The summed E-state index contributed by atoms with van der Waals surface area (Å²) in [6.45, 7) is 6.48. The van der Waals surface area contributed by atoms with Gasteiger partial charge in [0.1, 0.15) is 11.5 Å². The van der Waals surface area contributed by atoms with Crippen LogP contribution in [0.1, 0.15) is 45.1 Å². The fraction of sp³-hybridized carbons (Fsp3) is 0.357. The van der Waals surface area contributed by atoms with E-state index in [-0.39, 0.29) is 23.9 Å². The van der Waals surface area contributed by atoms with E-state index in [0.29, 0.717) is 25.2 Å². The summed E-state index contributed by atoms with van der Waals surface area (Å²) in [5, 5.41) is 2.10. The maximum absolute atomic E-state index is 12.6. The first kappa shape index (κ1) is 25.1. The number of esters is 1. The number of rotatable bonds is 10. The van der Waals surface area contributed by atoms with Gasteiger partial charge in [-0.1, -0.05) is 56.3 Å². The minimum Gasteiger partial charge on any atom is -0.497 e. The second kappa shape index (κ2) is 11.5. The maximum atomic E-state index is 12.6. The first-order chi connectivity index (χ1) is 16.3. The number of hydrogen-bond donors (Lipinski definition) is 0. The topological polar surface area (TPSA) is 71.1 Å². The quantitative estimate of drug-likeness (QED) is 0.251. The molecule has 1 atom stereocenters. The third-order valence-corrected chi connectivity index (χ3v) is 5.89. The van der Waals surface area contributed by atoms with Crippen LogP contribution in [0.3, 0.4) is 0 Å². The molecule has 6 heteroatoms. The highest BCUT2D eigenvalue weighted by molar-refractivity contribution is 5.86. The van der Waals surface area contributed by atoms with Gasteiger partial charge in [-0.25, -0.2) is 4.79 Å². The molecule has 0 aliphatic carbocycles. The lowest BCUT2D eigenvalue weighted by molar-refractivity contribution is -0.145. The molecular formula is C28H32O6. The monoisotopic (exact) mass is 464 g/mol. The van der Waals surface area contributed by atoms with Crippen molar-refractivity contribution in [2.45, 2.75) is 39.5 Å². The fourth-order valence-corrected chi connectivity index (χ4v) is 3.48. The molecule has 1 unspecified atom stereocenters. The number of carbonyl (C=O) groups excluding carboxylic acids is 2. The van der Waals surface area contributed by atoms with E-state index in [1.54, 1.807) is 31.4 Å². The van der Waals surface area contributed by atoms with E-state index < -0.39 is 6.16 Å². The van der Waals surface area contributed by atoms with Gasteiger partial charge in [0.05, 0.1) is 26.2 Å². The lowest BCUT2D eigenvalue weighted by Crippen LogP contribution is -2.22. The lowest BCUT2D eigenvalue weighted by Gasteiger charge is -2.24. The molecule has 34 heavy (non-hydrogen) atoms. The Kier molecular flexibility index (Phi) is 8.52. The van der Waals surface area contributed by atoms with Gasteiger partial charge < -0.3 is 18.9 Å². The molecule has 0 aliphatic heterocycles. The van der Waals surface area contributed by atoms with Crippen molar-refractivity contribution < 1.29 is 28.5 Å².